The third kappa shape index (κ3) is 2.63. The summed E-state index contributed by atoms with van der Waals surface area (Å²) in [5.74, 6) is 1.06. The lowest BCUT2D eigenvalue weighted by Gasteiger charge is -2.08. The van der Waals surface area contributed by atoms with E-state index in [0.29, 0.717) is 11.1 Å². The van der Waals surface area contributed by atoms with Gasteiger partial charge in [0.1, 0.15) is 18.1 Å². The van der Waals surface area contributed by atoms with Crippen LogP contribution in [0.4, 0.5) is 0 Å². The highest BCUT2D eigenvalue weighted by atomic mass is 79.9. The van der Waals surface area contributed by atoms with Crippen molar-refractivity contribution in [3.05, 3.63) is 70.7 Å². The molecule has 0 aliphatic rings. The normalized spacial score (nSPS) is 10.7. The zero-order valence-electron chi connectivity index (χ0n) is 10.7. The fourth-order valence-electron chi connectivity index (χ4n) is 2.10. The summed E-state index contributed by atoms with van der Waals surface area (Å²) in [5.41, 5.74) is 1.13. The summed E-state index contributed by atoms with van der Waals surface area (Å²) in [6.07, 6.45) is 0. The van der Waals surface area contributed by atoms with E-state index in [9.17, 15) is 5.11 Å². The molecule has 3 rings (SSSR count). The van der Waals surface area contributed by atoms with Crippen LogP contribution in [-0.4, -0.2) is 5.11 Å². The second kappa shape index (κ2) is 5.55. The minimum absolute atomic E-state index is 0.261. The van der Waals surface area contributed by atoms with Crippen molar-refractivity contribution in [3.8, 4) is 11.5 Å². The molecule has 0 saturated carbocycles. The van der Waals surface area contributed by atoms with Gasteiger partial charge in [-0.05, 0) is 51.1 Å². The van der Waals surface area contributed by atoms with Crippen molar-refractivity contribution in [1.82, 2.24) is 0 Å². The molecule has 0 aliphatic carbocycles. The smallest absolute Gasteiger partial charge is 0.137 e. The predicted molar refractivity (Wildman–Crippen MR) is 84.1 cm³/mol. The van der Waals surface area contributed by atoms with E-state index >= 15 is 0 Å². The highest BCUT2D eigenvalue weighted by molar-refractivity contribution is 9.10. The minimum Gasteiger partial charge on any atom is -0.506 e. The number of phenolic OH excluding ortho intramolecular Hbond substituents is 1. The molecule has 0 aliphatic heterocycles. The average Bonchev–Trinajstić information content (AvgIpc) is 2.50. The summed E-state index contributed by atoms with van der Waals surface area (Å²) in [4.78, 5) is 0. The molecule has 0 fully saturated rings. The first-order valence-corrected chi connectivity index (χ1v) is 7.11. The van der Waals surface area contributed by atoms with Crippen LogP contribution in [0.15, 0.2) is 65.1 Å². The van der Waals surface area contributed by atoms with Gasteiger partial charge < -0.3 is 9.84 Å². The summed E-state index contributed by atoms with van der Waals surface area (Å²) in [5, 5.41) is 11.7. The first-order chi connectivity index (χ1) is 9.74. The van der Waals surface area contributed by atoms with Crippen LogP contribution in [-0.2, 0) is 6.61 Å². The van der Waals surface area contributed by atoms with Gasteiger partial charge in [0, 0.05) is 5.39 Å². The number of ether oxygens (including phenoxy) is 1. The molecular formula is C17H13BrO2. The second-order valence-corrected chi connectivity index (χ2v) is 5.41. The molecule has 3 aromatic rings. The number of benzene rings is 3. The topological polar surface area (TPSA) is 29.5 Å². The van der Waals surface area contributed by atoms with Crippen LogP contribution in [0.1, 0.15) is 5.56 Å². The molecule has 0 amide bonds. The van der Waals surface area contributed by atoms with Crippen molar-refractivity contribution < 1.29 is 9.84 Å². The Morgan fingerprint density at radius 1 is 0.950 bits per heavy atom. The molecular weight excluding hydrogens is 316 g/mol. The van der Waals surface area contributed by atoms with Crippen LogP contribution in [0.3, 0.4) is 0 Å². The number of fused-ring (bicyclic) bond motifs is 1. The Balaban J connectivity index is 1.85. The number of hydrogen-bond acceptors (Lipinski definition) is 2. The third-order valence-corrected chi connectivity index (χ3v) is 3.80. The van der Waals surface area contributed by atoms with Gasteiger partial charge in [-0.1, -0.05) is 36.4 Å². The van der Waals surface area contributed by atoms with Crippen molar-refractivity contribution in [2.75, 3.05) is 0 Å². The van der Waals surface area contributed by atoms with Gasteiger partial charge in [-0.15, -0.1) is 0 Å². The van der Waals surface area contributed by atoms with Crippen LogP contribution in [0.2, 0.25) is 0 Å². The standard InChI is InChI=1S/C17H13BrO2/c18-16-9-6-13-10-14(7-8-15(13)17(16)19)20-11-12-4-2-1-3-5-12/h1-10,19H,11H2. The summed E-state index contributed by atoms with van der Waals surface area (Å²) in [6.45, 7) is 0.537. The largest absolute Gasteiger partial charge is 0.506 e. The zero-order chi connectivity index (χ0) is 13.9. The van der Waals surface area contributed by atoms with Crippen LogP contribution < -0.4 is 4.74 Å². The molecule has 100 valence electrons. The lowest BCUT2D eigenvalue weighted by Crippen LogP contribution is -1.94. The van der Waals surface area contributed by atoms with E-state index in [1.165, 1.54) is 0 Å². The van der Waals surface area contributed by atoms with E-state index in [0.717, 1.165) is 22.1 Å². The van der Waals surface area contributed by atoms with Gasteiger partial charge in [0.2, 0.25) is 0 Å². The molecule has 0 heterocycles. The second-order valence-electron chi connectivity index (χ2n) is 4.55. The molecule has 2 nitrogen and oxygen atoms in total. The number of halogens is 1. The van der Waals surface area contributed by atoms with E-state index in [-0.39, 0.29) is 5.75 Å². The molecule has 0 unspecified atom stereocenters. The van der Waals surface area contributed by atoms with Crippen LogP contribution in [0, 0.1) is 0 Å². The van der Waals surface area contributed by atoms with Crippen molar-refractivity contribution in [1.29, 1.82) is 0 Å². The zero-order valence-corrected chi connectivity index (χ0v) is 12.3. The van der Waals surface area contributed by atoms with E-state index < -0.39 is 0 Å². The first-order valence-electron chi connectivity index (χ1n) is 6.32. The average molecular weight is 329 g/mol. The van der Waals surface area contributed by atoms with Crippen molar-refractivity contribution >= 4 is 26.7 Å². The fourth-order valence-corrected chi connectivity index (χ4v) is 2.44. The Hall–Kier alpha value is -2.00. The quantitative estimate of drug-likeness (QED) is 0.741. The number of phenols is 1. The molecule has 0 radical (unpaired) electrons. The number of rotatable bonds is 3. The Labute approximate surface area is 125 Å². The van der Waals surface area contributed by atoms with Crippen LogP contribution in [0.25, 0.3) is 10.8 Å². The first kappa shape index (κ1) is 13.0. The maximum Gasteiger partial charge on any atom is 0.137 e. The summed E-state index contributed by atoms with van der Waals surface area (Å²) >= 11 is 3.31. The molecule has 3 heteroatoms. The highest BCUT2D eigenvalue weighted by Gasteiger charge is 2.05. The predicted octanol–water partition coefficient (Wildman–Crippen LogP) is 4.89. The summed E-state index contributed by atoms with van der Waals surface area (Å²) in [6, 6.07) is 19.5. The molecule has 0 aromatic heterocycles. The maximum atomic E-state index is 9.97. The SMILES string of the molecule is Oc1c(Br)ccc2cc(OCc3ccccc3)ccc12. The van der Waals surface area contributed by atoms with E-state index in [4.69, 9.17) is 4.74 Å². The summed E-state index contributed by atoms with van der Waals surface area (Å²) < 4.78 is 6.47. The Kier molecular flexibility index (Phi) is 3.61. The van der Waals surface area contributed by atoms with Gasteiger partial charge in [-0.25, -0.2) is 0 Å². The van der Waals surface area contributed by atoms with Gasteiger partial charge >= 0.3 is 0 Å². The molecule has 0 atom stereocenters. The van der Waals surface area contributed by atoms with E-state index in [2.05, 4.69) is 15.9 Å². The molecule has 20 heavy (non-hydrogen) atoms. The monoisotopic (exact) mass is 328 g/mol. The van der Waals surface area contributed by atoms with Gasteiger partial charge in [-0.3, -0.25) is 0 Å². The Bertz CT molecular complexity index is 739. The summed E-state index contributed by atoms with van der Waals surface area (Å²) in [7, 11) is 0. The van der Waals surface area contributed by atoms with Gasteiger partial charge in [0.15, 0.2) is 0 Å². The van der Waals surface area contributed by atoms with Gasteiger partial charge in [0.25, 0.3) is 0 Å². The molecule has 3 aromatic carbocycles. The van der Waals surface area contributed by atoms with Crippen LogP contribution in [0.5, 0.6) is 11.5 Å². The Morgan fingerprint density at radius 2 is 1.75 bits per heavy atom. The highest BCUT2D eigenvalue weighted by Crippen LogP contribution is 2.34. The Morgan fingerprint density at radius 3 is 2.55 bits per heavy atom. The molecule has 1 N–H and O–H groups in total. The lowest BCUT2D eigenvalue weighted by atomic mass is 10.1. The van der Waals surface area contributed by atoms with E-state index in [1.54, 1.807) is 0 Å². The van der Waals surface area contributed by atoms with Gasteiger partial charge in [0.05, 0.1) is 4.47 Å². The molecule has 0 spiro atoms. The third-order valence-electron chi connectivity index (χ3n) is 3.16. The molecule has 0 bridgehead atoms. The number of aromatic hydroxyl groups is 1. The minimum atomic E-state index is 0.261. The van der Waals surface area contributed by atoms with Crippen molar-refractivity contribution in [2.45, 2.75) is 6.61 Å². The molecule has 0 saturated heterocycles. The van der Waals surface area contributed by atoms with Gasteiger partial charge in [-0.2, -0.15) is 0 Å². The van der Waals surface area contributed by atoms with E-state index in [1.807, 2.05) is 60.7 Å². The van der Waals surface area contributed by atoms with Crippen molar-refractivity contribution in [3.63, 3.8) is 0 Å². The van der Waals surface area contributed by atoms with Crippen molar-refractivity contribution in [2.24, 2.45) is 0 Å². The maximum absolute atomic E-state index is 9.97. The lowest BCUT2D eigenvalue weighted by molar-refractivity contribution is 0.306. The fraction of sp³-hybridized carbons (Fsp3) is 0.0588. The van der Waals surface area contributed by atoms with Crippen LogP contribution >= 0.6 is 15.9 Å². The number of hydrogen-bond donors (Lipinski definition) is 1.